The third kappa shape index (κ3) is 4.19. The van der Waals surface area contributed by atoms with Gasteiger partial charge in [-0.15, -0.1) is 0 Å². The minimum absolute atomic E-state index is 0.264. The Labute approximate surface area is 129 Å². The normalized spacial score (nSPS) is 11.0. The van der Waals surface area contributed by atoms with Crippen molar-refractivity contribution in [1.82, 2.24) is 5.32 Å². The Bertz CT molecular complexity index is 628. The first-order valence-corrected chi connectivity index (χ1v) is 7.30. The second-order valence-corrected chi connectivity index (χ2v) is 5.70. The zero-order valence-corrected chi connectivity index (χ0v) is 13.2. The summed E-state index contributed by atoms with van der Waals surface area (Å²) in [6, 6.07) is 10.6. The molecular weight excluding hydrogens is 289 g/mol. The third-order valence-electron chi connectivity index (χ3n) is 3.07. The van der Waals surface area contributed by atoms with Gasteiger partial charge in [0.25, 0.3) is 0 Å². The first kappa shape index (κ1) is 15.8. The lowest BCUT2D eigenvalue weighted by molar-refractivity contribution is 0.457. The molecule has 2 nitrogen and oxygen atoms in total. The number of hydrogen-bond acceptors (Lipinski definition) is 2. The van der Waals surface area contributed by atoms with Gasteiger partial charge in [-0.3, -0.25) is 0 Å². The summed E-state index contributed by atoms with van der Waals surface area (Å²) in [4.78, 5) is 0. The highest BCUT2D eigenvalue weighted by Gasteiger charge is 2.12. The van der Waals surface area contributed by atoms with Crippen LogP contribution < -0.4 is 10.1 Å². The highest BCUT2D eigenvalue weighted by atomic mass is 35.5. The Morgan fingerprint density at radius 2 is 1.95 bits per heavy atom. The Hall–Kier alpha value is -1.58. The lowest BCUT2D eigenvalue weighted by Gasteiger charge is -2.15. The maximum absolute atomic E-state index is 14.0. The van der Waals surface area contributed by atoms with Gasteiger partial charge < -0.3 is 10.1 Å². The molecule has 1 N–H and O–H groups in total. The Balaban J connectivity index is 2.31. The van der Waals surface area contributed by atoms with Gasteiger partial charge in [-0.25, -0.2) is 4.39 Å². The van der Waals surface area contributed by atoms with Crippen LogP contribution in [0.4, 0.5) is 4.39 Å². The molecule has 112 valence electrons. The molecule has 0 fully saturated rings. The van der Waals surface area contributed by atoms with E-state index in [1.165, 1.54) is 6.07 Å². The van der Waals surface area contributed by atoms with Gasteiger partial charge in [0.1, 0.15) is 17.3 Å². The van der Waals surface area contributed by atoms with Gasteiger partial charge in [-0.1, -0.05) is 37.6 Å². The van der Waals surface area contributed by atoms with E-state index in [1.807, 2.05) is 32.9 Å². The number of aryl methyl sites for hydroxylation is 1. The summed E-state index contributed by atoms with van der Waals surface area (Å²) in [6.45, 7) is 6.39. The summed E-state index contributed by atoms with van der Waals surface area (Å²) in [5.41, 5.74) is 1.54. The van der Waals surface area contributed by atoms with E-state index in [1.54, 1.807) is 18.2 Å². The van der Waals surface area contributed by atoms with Crippen LogP contribution in [0.25, 0.3) is 0 Å². The zero-order chi connectivity index (χ0) is 15.4. The molecule has 21 heavy (non-hydrogen) atoms. The fourth-order valence-electron chi connectivity index (χ4n) is 1.92. The van der Waals surface area contributed by atoms with Crippen molar-refractivity contribution in [2.75, 3.05) is 0 Å². The maximum atomic E-state index is 14.0. The molecular formula is C17H19ClFNO. The predicted octanol–water partition coefficient (Wildman–Crippen LogP) is 5.08. The average Bonchev–Trinajstić information content (AvgIpc) is 2.42. The standard InChI is InChI=1S/C17H19ClFNO/c1-11(2)20-10-13-15(19)5-4-6-16(13)21-17-9-12(3)7-8-14(17)18/h4-9,11,20H,10H2,1-3H3. The van der Waals surface area contributed by atoms with Gasteiger partial charge in [-0.2, -0.15) is 0 Å². The van der Waals surface area contributed by atoms with Crippen molar-refractivity contribution < 1.29 is 9.13 Å². The monoisotopic (exact) mass is 307 g/mol. The molecule has 0 aliphatic carbocycles. The van der Waals surface area contributed by atoms with Crippen molar-refractivity contribution in [3.8, 4) is 11.5 Å². The second-order valence-electron chi connectivity index (χ2n) is 5.29. The molecule has 0 aliphatic heterocycles. The molecule has 2 aromatic rings. The van der Waals surface area contributed by atoms with Gasteiger partial charge in [0.2, 0.25) is 0 Å². The molecule has 0 bridgehead atoms. The number of halogens is 2. The maximum Gasteiger partial charge on any atom is 0.146 e. The van der Waals surface area contributed by atoms with Crippen molar-refractivity contribution in [2.45, 2.75) is 33.4 Å². The van der Waals surface area contributed by atoms with Crippen LogP contribution in [0.2, 0.25) is 5.02 Å². The molecule has 0 aromatic heterocycles. The summed E-state index contributed by atoms with van der Waals surface area (Å²) in [7, 11) is 0. The van der Waals surface area contributed by atoms with Crippen LogP contribution in [0.15, 0.2) is 36.4 Å². The minimum Gasteiger partial charge on any atom is -0.455 e. The number of hydrogen-bond donors (Lipinski definition) is 1. The third-order valence-corrected chi connectivity index (χ3v) is 3.38. The quantitative estimate of drug-likeness (QED) is 0.832. The molecule has 2 aromatic carbocycles. The SMILES string of the molecule is Cc1ccc(Cl)c(Oc2cccc(F)c2CNC(C)C)c1. The highest BCUT2D eigenvalue weighted by molar-refractivity contribution is 6.32. The summed E-state index contributed by atoms with van der Waals surface area (Å²) >= 11 is 6.13. The Morgan fingerprint density at radius 3 is 2.67 bits per heavy atom. The molecule has 0 saturated carbocycles. The van der Waals surface area contributed by atoms with E-state index >= 15 is 0 Å². The topological polar surface area (TPSA) is 21.3 Å². The van der Waals surface area contributed by atoms with Gasteiger partial charge in [0, 0.05) is 18.2 Å². The summed E-state index contributed by atoms with van der Waals surface area (Å²) in [6.07, 6.45) is 0. The smallest absolute Gasteiger partial charge is 0.146 e. The zero-order valence-electron chi connectivity index (χ0n) is 12.4. The Kier molecular flexibility index (Phi) is 5.21. The van der Waals surface area contributed by atoms with Crippen LogP contribution in [0, 0.1) is 12.7 Å². The van der Waals surface area contributed by atoms with E-state index < -0.39 is 0 Å². The summed E-state index contributed by atoms with van der Waals surface area (Å²) in [5.74, 6) is 0.730. The fraction of sp³-hybridized carbons (Fsp3) is 0.294. The molecule has 0 atom stereocenters. The molecule has 0 aliphatic rings. The van der Waals surface area contributed by atoms with Crippen LogP contribution in [-0.4, -0.2) is 6.04 Å². The van der Waals surface area contributed by atoms with E-state index in [2.05, 4.69) is 5.32 Å². The van der Waals surface area contributed by atoms with E-state index in [9.17, 15) is 4.39 Å². The number of nitrogens with one attached hydrogen (secondary N) is 1. The van der Waals surface area contributed by atoms with Gasteiger partial charge in [-0.05, 0) is 36.8 Å². The second kappa shape index (κ2) is 6.92. The van der Waals surface area contributed by atoms with Crippen molar-refractivity contribution in [3.05, 3.63) is 58.4 Å². The van der Waals surface area contributed by atoms with Crippen LogP contribution in [0.3, 0.4) is 0 Å². The largest absolute Gasteiger partial charge is 0.455 e. The number of benzene rings is 2. The Morgan fingerprint density at radius 1 is 1.19 bits per heavy atom. The van der Waals surface area contributed by atoms with Crippen LogP contribution in [0.1, 0.15) is 25.0 Å². The molecule has 0 radical (unpaired) electrons. The van der Waals surface area contributed by atoms with Gasteiger partial charge >= 0.3 is 0 Å². The fourth-order valence-corrected chi connectivity index (χ4v) is 2.08. The first-order chi connectivity index (χ1) is 9.97. The molecule has 0 saturated heterocycles. The van der Waals surface area contributed by atoms with Crippen molar-refractivity contribution in [2.24, 2.45) is 0 Å². The van der Waals surface area contributed by atoms with Gasteiger partial charge in [0.15, 0.2) is 0 Å². The number of rotatable bonds is 5. The molecule has 4 heteroatoms. The molecule has 0 amide bonds. The predicted molar refractivity (Wildman–Crippen MR) is 84.6 cm³/mol. The van der Waals surface area contributed by atoms with Crippen molar-refractivity contribution in [1.29, 1.82) is 0 Å². The van der Waals surface area contributed by atoms with Gasteiger partial charge in [0.05, 0.1) is 5.02 Å². The highest BCUT2D eigenvalue weighted by Crippen LogP contribution is 2.32. The van der Waals surface area contributed by atoms with E-state index in [4.69, 9.17) is 16.3 Å². The number of ether oxygens (including phenoxy) is 1. The summed E-state index contributed by atoms with van der Waals surface area (Å²) < 4.78 is 19.9. The lowest BCUT2D eigenvalue weighted by Crippen LogP contribution is -2.22. The van der Waals surface area contributed by atoms with Crippen molar-refractivity contribution in [3.63, 3.8) is 0 Å². The minimum atomic E-state index is -0.288. The van der Waals surface area contributed by atoms with Crippen LogP contribution in [0.5, 0.6) is 11.5 Å². The molecule has 0 unspecified atom stereocenters. The van der Waals surface area contributed by atoms with E-state index in [0.717, 1.165) is 5.56 Å². The van der Waals surface area contributed by atoms with Crippen molar-refractivity contribution >= 4 is 11.6 Å². The van der Waals surface area contributed by atoms with Crippen LogP contribution in [-0.2, 0) is 6.54 Å². The lowest BCUT2D eigenvalue weighted by atomic mass is 10.1. The average molecular weight is 308 g/mol. The molecule has 0 heterocycles. The molecule has 2 rings (SSSR count). The summed E-state index contributed by atoms with van der Waals surface area (Å²) in [5, 5.41) is 3.71. The van der Waals surface area contributed by atoms with E-state index in [-0.39, 0.29) is 11.9 Å². The molecule has 0 spiro atoms. The van der Waals surface area contributed by atoms with Crippen LogP contribution >= 0.6 is 11.6 Å². The first-order valence-electron chi connectivity index (χ1n) is 6.92. The van der Waals surface area contributed by atoms with E-state index in [0.29, 0.717) is 28.6 Å².